The predicted molar refractivity (Wildman–Crippen MR) is 545 cm³/mol. The Morgan fingerprint density at radius 3 is 0.917 bits per heavy atom. The van der Waals surface area contributed by atoms with Crippen LogP contribution in [0.2, 0.25) is 0 Å². The van der Waals surface area contributed by atoms with Gasteiger partial charge in [0.2, 0.25) is 0 Å². The summed E-state index contributed by atoms with van der Waals surface area (Å²) in [5, 5.41) is 0. The van der Waals surface area contributed by atoms with Crippen molar-refractivity contribution in [3.63, 3.8) is 0 Å². The van der Waals surface area contributed by atoms with E-state index in [1.165, 1.54) is 382 Å². The Bertz CT molecular complexity index is 3950. The molecule has 2 amide bonds. The lowest BCUT2D eigenvalue weighted by Gasteiger charge is -2.35. The Hall–Kier alpha value is -3.38. The Morgan fingerprint density at radius 1 is 0.281 bits per heavy atom. The number of carbonyl (C=O) groups is 2. The van der Waals surface area contributed by atoms with E-state index in [1.807, 2.05) is 39.6 Å². The van der Waals surface area contributed by atoms with Gasteiger partial charge in [0.25, 0.3) is 11.8 Å². The Labute approximate surface area is 768 Å². The van der Waals surface area contributed by atoms with Crippen LogP contribution in [-0.4, -0.2) is 34.7 Å². The molecule has 10 heteroatoms. The average molecular weight is 1760 g/mol. The fourth-order valence-electron chi connectivity index (χ4n) is 20.5. The zero-order valence-electron chi connectivity index (χ0n) is 80.3. The second-order valence-electron chi connectivity index (χ2n) is 40.2. The van der Waals surface area contributed by atoms with Crippen LogP contribution in [0.4, 0.5) is 0 Å². The molecule has 6 aromatic rings. The summed E-state index contributed by atoms with van der Waals surface area (Å²) in [6, 6.07) is 19.0. The molecule has 0 saturated carbocycles. The smallest absolute Gasteiger partial charge is 0.261 e. The molecule has 8 heterocycles. The molecule has 0 spiro atoms. The largest absolute Gasteiger partial charge is 0.306 e. The van der Waals surface area contributed by atoms with Crippen LogP contribution in [-0.2, 0) is 38.7 Å². The summed E-state index contributed by atoms with van der Waals surface area (Å²) in [5.41, 5.74) is 10.4. The van der Waals surface area contributed by atoms with Crippen molar-refractivity contribution in [2.24, 2.45) is 11.8 Å². The first-order chi connectivity index (χ1) is 58.9. The molecule has 121 heavy (non-hydrogen) atoms. The van der Waals surface area contributed by atoms with Crippen LogP contribution >= 0.6 is 68.0 Å². The molecule has 2 unspecified atom stereocenters. The van der Waals surface area contributed by atoms with Gasteiger partial charge in [-0.15, -0.1) is 68.0 Å². The van der Waals surface area contributed by atoms with Crippen LogP contribution < -0.4 is 0 Å². The van der Waals surface area contributed by atoms with E-state index in [4.69, 9.17) is 0 Å². The molecular weight excluding hydrogens is 1590 g/mol. The molecule has 0 saturated heterocycles. The van der Waals surface area contributed by atoms with E-state index in [2.05, 4.69) is 178 Å². The van der Waals surface area contributed by atoms with E-state index < -0.39 is 0 Å². The van der Waals surface area contributed by atoms with Crippen molar-refractivity contribution in [2.75, 3.05) is 13.1 Å². The van der Waals surface area contributed by atoms with Crippen molar-refractivity contribution in [3.8, 4) is 39.0 Å². The predicted octanol–water partition coefficient (Wildman–Crippen LogP) is 38.8. The third kappa shape index (κ3) is 29.8. The van der Waals surface area contributed by atoms with Gasteiger partial charge in [0.1, 0.15) is 0 Å². The number of hydrogen-bond donors (Lipinski definition) is 0. The summed E-state index contributed by atoms with van der Waals surface area (Å²) < 4.78 is 0. The molecule has 6 aromatic heterocycles. The van der Waals surface area contributed by atoms with E-state index in [1.54, 1.807) is 47.5 Å². The first-order valence-electron chi connectivity index (χ1n) is 51.8. The first kappa shape index (κ1) is 101. The molecule has 3 aliphatic rings. The van der Waals surface area contributed by atoms with Gasteiger partial charge in [-0.05, 0) is 158 Å². The minimum absolute atomic E-state index is 0.0256. The minimum Gasteiger partial charge on any atom is -0.306 e. The van der Waals surface area contributed by atoms with Crippen molar-refractivity contribution in [3.05, 3.63) is 101 Å². The number of carbonyl (C=O) groups excluding carboxylic acids is 2. The normalized spacial score (nSPS) is 14.7. The van der Waals surface area contributed by atoms with Gasteiger partial charge >= 0.3 is 0 Å². The quantitative estimate of drug-likeness (QED) is 0.0357. The van der Waals surface area contributed by atoms with Crippen LogP contribution in [0.15, 0.2) is 59.7 Å². The lowest BCUT2D eigenvalue weighted by molar-refractivity contribution is -0.124. The summed E-state index contributed by atoms with van der Waals surface area (Å²) >= 11 is 12.1. The lowest BCUT2D eigenvalue weighted by Crippen LogP contribution is -2.34. The second-order valence-corrected chi connectivity index (χ2v) is 46.6. The first-order valence-corrected chi connectivity index (χ1v) is 56.7. The molecule has 0 N–H and O–H groups in total. The number of fused-ring (bicyclic) bond motifs is 4. The van der Waals surface area contributed by atoms with Crippen molar-refractivity contribution < 1.29 is 9.59 Å². The average Bonchev–Trinajstić information content (AvgIpc) is 1.53. The van der Waals surface area contributed by atoms with Crippen LogP contribution in [0.1, 0.15) is 511 Å². The molecule has 2 aliphatic heterocycles. The molecule has 0 aromatic carbocycles. The highest BCUT2D eigenvalue weighted by molar-refractivity contribution is 7.29. The van der Waals surface area contributed by atoms with Crippen LogP contribution in [0.25, 0.3) is 50.4 Å². The molecule has 0 radical (unpaired) electrons. The summed E-state index contributed by atoms with van der Waals surface area (Å²) in [5.74, 6) is 0.822. The highest BCUT2D eigenvalue weighted by Gasteiger charge is 2.52. The van der Waals surface area contributed by atoms with Crippen LogP contribution in [0.3, 0.4) is 0 Å². The summed E-state index contributed by atoms with van der Waals surface area (Å²) in [6.45, 7) is 34.7. The fraction of sp³-hybridized carbons (Fsp3) is 0.730. The van der Waals surface area contributed by atoms with Gasteiger partial charge < -0.3 is 9.80 Å². The molecular formula is C111H176N2O2S6. The molecule has 1 aliphatic carbocycles. The van der Waals surface area contributed by atoms with Crippen molar-refractivity contribution in [1.82, 2.24) is 9.80 Å². The summed E-state index contributed by atoms with van der Waals surface area (Å²) in [7, 11) is 0. The summed E-state index contributed by atoms with van der Waals surface area (Å²) in [6.07, 6.45) is 77.7. The Morgan fingerprint density at radius 2 is 0.562 bits per heavy atom. The third-order valence-electron chi connectivity index (χ3n) is 27.6. The number of amides is 2. The van der Waals surface area contributed by atoms with Crippen molar-refractivity contribution in [2.45, 2.75) is 498 Å². The number of hydrogen-bond acceptors (Lipinski definition) is 8. The highest BCUT2D eigenvalue weighted by atomic mass is 32.1. The number of thiophene rings is 6. The zero-order chi connectivity index (χ0) is 86.3. The van der Waals surface area contributed by atoms with Gasteiger partial charge in [-0.1, -0.05) is 418 Å². The topological polar surface area (TPSA) is 40.6 Å². The maximum Gasteiger partial charge on any atom is 0.261 e. The molecule has 4 nitrogen and oxygen atoms in total. The molecule has 0 bridgehead atoms. The van der Waals surface area contributed by atoms with E-state index in [-0.39, 0.29) is 28.1 Å². The second kappa shape index (κ2) is 54.8. The minimum atomic E-state index is 0.0256. The third-order valence-corrected chi connectivity index (χ3v) is 36.0. The van der Waals surface area contributed by atoms with E-state index >= 15 is 9.59 Å². The highest BCUT2D eigenvalue weighted by Crippen LogP contribution is 2.66. The molecule has 0 fully saturated rings. The number of rotatable bonds is 69. The number of nitrogens with zero attached hydrogens (tertiary/aromatic N) is 2. The van der Waals surface area contributed by atoms with Gasteiger partial charge in [-0.25, -0.2) is 0 Å². The van der Waals surface area contributed by atoms with Gasteiger partial charge in [-0.2, -0.15) is 0 Å². The lowest BCUT2D eigenvalue weighted by atomic mass is 9.67. The number of unbranched alkanes of at least 4 members (excludes halogenated alkanes) is 44. The molecule has 2 atom stereocenters. The van der Waals surface area contributed by atoms with Gasteiger partial charge in [0.15, 0.2) is 0 Å². The SMILES string of the molecule is CCCCCCCCCCCCc1c(-c2ccc(-c3ccc(C4=C5C(=O)N(CC(CCCCCC)CCCCCCCC)C(c6ccc(-c7ccc(C(C)(C)C)s7)s6)=C5C(=O)N4CC(CCCCCC)CCCCCCCC)s3)s2)sc2c1C(CCCCCCCC)(CCCCCCCC)c1c-2sc(C(C)(C)C)c1CCCCCCCCCCCC. The van der Waals surface area contributed by atoms with Crippen LogP contribution in [0, 0.1) is 11.8 Å². The van der Waals surface area contributed by atoms with E-state index in [0.29, 0.717) is 36.1 Å². The fourth-order valence-corrected chi connectivity index (χ4v) is 28.1. The Kier molecular flexibility index (Phi) is 45.9. The zero-order valence-corrected chi connectivity index (χ0v) is 85.2. The van der Waals surface area contributed by atoms with E-state index in [9.17, 15) is 0 Å². The summed E-state index contributed by atoms with van der Waals surface area (Å²) in [4.78, 5) is 54.4. The molecule has 9 rings (SSSR count). The van der Waals surface area contributed by atoms with Gasteiger partial charge in [0, 0.05) is 67.3 Å². The maximum absolute atomic E-state index is 16.7. The van der Waals surface area contributed by atoms with E-state index in [0.717, 1.165) is 53.3 Å². The maximum atomic E-state index is 16.7. The Balaban J connectivity index is 1.19. The van der Waals surface area contributed by atoms with Gasteiger partial charge in [-0.3, -0.25) is 9.59 Å². The van der Waals surface area contributed by atoms with Crippen molar-refractivity contribution >= 4 is 91.2 Å². The monoisotopic (exact) mass is 1760 g/mol. The van der Waals surface area contributed by atoms with Crippen molar-refractivity contribution in [1.29, 1.82) is 0 Å². The molecule has 678 valence electrons. The van der Waals surface area contributed by atoms with Gasteiger partial charge in [0.05, 0.1) is 32.3 Å². The van der Waals surface area contributed by atoms with Crippen LogP contribution in [0.5, 0.6) is 0 Å². The standard InChI is InChI=1S/C111H176N2O2S6/c1-15-23-31-39-45-47-49-51-55-63-71-87-99-104(105-100(111(99,81-65-57-43-35-27-19-5)82-66-58-44-36-28-20-6)88(106(121-105)110(12,13)14)72-64-56-52-50-48-46-40-32-24-16-2)120-103(87)95-78-75-90(118-95)89-73-76-93(116-89)101-97-98(108(115)112(101)83-85(67-59-37-29-21-7)69-61-53-41-33-25-17-3)102(94-77-74-91(117-94)92-79-80-96(119-92)109(9,10)11)113(107(97)114)84-86(68-60-38-30-22-8)70-62-54-42-34-26-18-4/h73-80,85-86H,15-72,81-84H2,1-14H3.